The van der Waals surface area contributed by atoms with E-state index < -0.39 is 6.04 Å². The van der Waals surface area contributed by atoms with E-state index in [-0.39, 0.29) is 29.6 Å². The summed E-state index contributed by atoms with van der Waals surface area (Å²) in [5.74, 6) is -0.426. The molecule has 3 aliphatic rings. The van der Waals surface area contributed by atoms with Crippen molar-refractivity contribution in [3.05, 3.63) is 65.2 Å². The van der Waals surface area contributed by atoms with Crippen molar-refractivity contribution in [1.29, 1.82) is 0 Å². The van der Waals surface area contributed by atoms with Gasteiger partial charge in [0.2, 0.25) is 17.7 Å². The van der Waals surface area contributed by atoms with Crippen LogP contribution >= 0.6 is 0 Å². The molecule has 2 saturated carbocycles. The van der Waals surface area contributed by atoms with Crippen LogP contribution in [0, 0.1) is 37.5 Å². The quantitative estimate of drug-likeness (QED) is 0.752. The van der Waals surface area contributed by atoms with E-state index in [1.807, 2.05) is 62.4 Å². The van der Waals surface area contributed by atoms with E-state index in [4.69, 9.17) is 0 Å². The average molecular weight is 417 g/mol. The average Bonchev–Trinajstić information content (AvgIpc) is 3.40. The van der Waals surface area contributed by atoms with Gasteiger partial charge in [-0.15, -0.1) is 0 Å². The molecule has 0 spiro atoms. The van der Waals surface area contributed by atoms with Gasteiger partial charge in [0.05, 0.1) is 11.8 Å². The molecule has 5 atom stereocenters. The molecular formula is C26H28N2O3. The Morgan fingerprint density at radius 2 is 1.55 bits per heavy atom. The van der Waals surface area contributed by atoms with Crippen LogP contribution in [0.3, 0.4) is 0 Å². The van der Waals surface area contributed by atoms with Crippen LogP contribution < -0.4 is 5.32 Å². The normalized spacial score (nSPS) is 27.5. The number of carbonyl (C=O) groups is 3. The summed E-state index contributed by atoms with van der Waals surface area (Å²) in [5.41, 5.74) is 3.73. The molecule has 160 valence electrons. The molecule has 0 unspecified atom stereocenters. The van der Waals surface area contributed by atoms with Crippen LogP contribution in [0.4, 0.5) is 5.69 Å². The zero-order valence-corrected chi connectivity index (χ0v) is 18.0. The summed E-state index contributed by atoms with van der Waals surface area (Å²) in [6, 6.07) is 14.6. The Hall–Kier alpha value is -2.95. The van der Waals surface area contributed by atoms with Crippen molar-refractivity contribution in [2.75, 3.05) is 5.32 Å². The molecule has 1 aliphatic heterocycles. The summed E-state index contributed by atoms with van der Waals surface area (Å²) in [5, 5.41) is 2.98. The van der Waals surface area contributed by atoms with Crippen LogP contribution in [-0.4, -0.2) is 28.7 Å². The van der Waals surface area contributed by atoms with Crippen molar-refractivity contribution >= 4 is 23.4 Å². The summed E-state index contributed by atoms with van der Waals surface area (Å²) in [4.78, 5) is 41.6. The smallest absolute Gasteiger partial charge is 0.248 e. The Bertz CT molecular complexity index is 1000. The topological polar surface area (TPSA) is 66.5 Å². The molecule has 2 aliphatic carbocycles. The predicted octanol–water partition coefficient (Wildman–Crippen LogP) is 3.88. The van der Waals surface area contributed by atoms with E-state index in [2.05, 4.69) is 5.32 Å². The molecule has 2 aromatic carbocycles. The Kier molecular flexibility index (Phi) is 4.92. The van der Waals surface area contributed by atoms with Gasteiger partial charge >= 0.3 is 0 Å². The number of nitrogens with zero attached hydrogens (tertiary/aromatic N) is 1. The highest BCUT2D eigenvalue weighted by molar-refractivity contribution is 6.10. The number of nitrogens with one attached hydrogen (secondary N) is 1. The number of likely N-dealkylation sites (tertiary alicyclic amines) is 1. The Balaban J connectivity index is 1.46. The van der Waals surface area contributed by atoms with Gasteiger partial charge in [-0.1, -0.05) is 36.4 Å². The van der Waals surface area contributed by atoms with Crippen molar-refractivity contribution in [1.82, 2.24) is 4.90 Å². The summed E-state index contributed by atoms with van der Waals surface area (Å²) in [7, 11) is 0. The summed E-state index contributed by atoms with van der Waals surface area (Å²) in [6.07, 6.45) is 3.36. The van der Waals surface area contributed by atoms with E-state index in [0.717, 1.165) is 36.0 Å². The molecule has 1 N–H and O–H groups in total. The van der Waals surface area contributed by atoms with E-state index >= 15 is 0 Å². The lowest BCUT2D eigenvalue weighted by Crippen LogP contribution is -2.49. The number of amides is 3. The van der Waals surface area contributed by atoms with Crippen molar-refractivity contribution in [3.63, 3.8) is 0 Å². The molecule has 5 nitrogen and oxygen atoms in total. The largest absolute Gasteiger partial charge is 0.324 e. The molecule has 5 rings (SSSR count). The zero-order valence-electron chi connectivity index (χ0n) is 18.0. The number of fused-ring (bicyclic) bond motifs is 5. The van der Waals surface area contributed by atoms with Crippen LogP contribution in [0.5, 0.6) is 0 Å². The molecule has 5 heteroatoms. The van der Waals surface area contributed by atoms with Crippen molar-refractivity contribution in [2.24, 2.45) is 23.7 Å². The SMILES string of the molecule is Cc1cc(C)cc(NC(=O)[C@@H](Cc2ccccc2)N2C(=O)[C@H]3[C@H]4CC[C@@H](C4)[C@@H]3C2=O)c1. The van der Waals surface area contributed by atoms with Gasteiger partial charge in [0, 0.05) is 12.1 Å². The standard InChI is InChI=1S/C26H28N2O3/c1-15-10-16(2)12-20(11-15)27-24(29)21(13-17-6-4-3-5-7-17)28-25(30)22-18-8-9-19(14-18)23(22)26(28)31/h3-7,10-12,18-19,21-23H,8-9,13-14H2,1-2H3,(H,27,29)/t18-,19-,21+,22-,23-/m0/s1. The predicted molar refractivity (Wildman–Crippen MR) is 118 cm³/mol. The van der Waals surface area contributed by atoms with Crippen molar-refractivity contribution < 1.29 is 14.4 Å². The minimum atomic E-state index is -0.840. The molecule has 3 amide bonds. The molecule has 1 heterocycles. The van der Waals surface area contributed by atoms with Crippen LogP contribution in [0.1, 0.15) is 36.0 Å². The number of hydrogen-bond donors (Lipinski definition) is 1. The van der Waals surface area contributed by atoms with Gasteiger partial charge in [-0.25, -0.2) is 0 Å². The maximum Gasteiger partial charge on any atom is 0.248 e. The monoisotopic (exact) mass is 416 g/mol. The summed E-state index contributed by atoms with van der Waals surface area (Å²) >= 11 is 0. The third-order valence-electron chi connectivity index (χ3n) is 7.34. The second kappa shape index (κ2) is 7.63. The number of rotatable bonds is 5. The third-order valence-corrected chi connectivity index (χ3v) is 7.34. The first-order chi connectivity index (χ1) is 14.9. The fourth-order valence-electron chi connectivity index (χ4n) is 6.15. The lowest BCUT2D eigenvalue weighted by molar-refractivity contribution is -0.147. The second-order valence-corrected chi connectivity index (χ2v) is 9.50. The van der Waals surface area contributed by atoms with Gasteiger partial charge in [0.25, 0.3) is 0 Å². The minimum Gasteiger partial charge on any atom is -0.324 e. The van der Waals surface area contributed by atoms with E-state index in [1.165, 1.54) is 4.90 Å². The fourth-order valence-corrected chi connectivity index (χ4v) is 6.15. The maximum absolute atomic E-state index is 13.5. The van der Waals surface area contributed by atoms with Crippen LogP contribution in [0.2, 0.25) is 0 Å². The highest BCUT2D eigenvalue weighted by atomic mass is 16.2. The lowest BCUT2D eigenvalue weighted by Gasteiger charge is -2.27. The Morgan fingerprint density at radius 3 is 2.13 bits per heavy atom. The molecule has 2 bridgehead atoms. The number of benzene rings is 2. The summed E-state index contributed by atoms with van der Waals surface area (Å²) in [6.45, 7) is 3.96. The first kappa shape index (κ1) is 20.0. The van der Waals surface area contributed by atoms with Gasteiger partial charge in [-0.3, -0.25) is 19.3 Å². The Labute approximate surface area is 182 Å². The number of aryl methyl sites for hydroxylation is 2. The van der Waals surface area contributed by atoms with Crippen LogP contribution in [0.15, 0.2) is 48.5 Å². The van der Waals surface area contributed by atoms with Crippen molar-refractivity contribution in [2.45, 2.75) is 45.6 Å². The van der Waals surface area contributed by atoms with Gasteiger partial charge < -0.3 is 5.32 Å². The van der Waals surface area contributed by atoms with E-state index in [1.54, 1.807) is 0 Å². The van der Waals surface area contributed by atoms with Gasteiger partial charge in [0.15, 0.2) is 0 Å². The molecule has 1 saturated heterocycles. The van der Waals surface area contributed by atoms with Gasteiger partial charge in [-0.2, -0.15) is 0 Å². The number of carbonyl (C=O) groups excluding carboxylic acids is 3. The van der Waals surface area contributed by atoms with Gasteiger partial charge in [0.1, 0.15) is 6.04 Å². The molecule has 2 aromatic rings. The molecule has 0 aromatic heterocycles. The third kappa shape index (κ3) is 3.46. The molecule has 0 radical (unpaired) electrons. The number of imide groups is 1. The second-order valence-electron chi connectivity index (χ2n) is 9.50. The molecular weight excluding hydrogens is 388 g/mol. The van der Waals surface area contributed by atoms with Crippen molar-refractivity contribution in [3.8, 4) is 0 Å². The fraction of sp³-hybridized carbons (Fsp3) is 0.423. The Morgan fingerprint density at radius 1 is 0.968 bits per heavy atom. The highest BCUT2D eigenvalue weighted by Gasteiger charge is 2.62. The number of anilines is 1. The number of hydrogen-bond acceptors (Lipinski definition) is 3. The lowest BCUT2D eigenvalue weighted by atomic mass is 9.81. The minimum absolute atomic E-state index is 0.140. The van der Waals surface area contributed by atoms with Gasteiger partial charge in [-0.05, 0) is 73.8 Å². The van der Waals surface area contributed by atoms with E-state index in [0.29, 0.717) is 23.9 Å². The first-order valence-electron chi connectivity index (χ1n) is 11.2. The maximum atomic E-state index is 13.5. The zero-order chi connectivity index (χ0) is 21.7. The first-order valence-corrected chi connectivity index (χ1v) is 11.2. The van der Waals surface area contributed by atoms with Crippen LogP contribution in [-0.2, 0) is 20.8 Å². The van der Waals surface area contributed by atoms with E-state index in [9.17, 15) is 14.4 Å². The molecule has 3 fully saturated rings. The highest BCUT2D eigenvalue weighted by Crippen LogP contribution is 2.56. The van der Waals surface area contributed by atoms with Crippen LogP contribution in [0.25, 0.3) is 0 Å². The summed E-state index contributed by atoms with van der Waals surface area (Å²) < 4.78 is 0. The molecule has 31 heavy (non-hydrogen) atoms.